The van der Waals surface area contributed by atoms with Gasteiger partial charge in [0.2, 0.25) is 5.91 Å². The number of carbonyl (C=O) groups is 2. The highest BCUT2D eigenvalue weighted by Gasteiger charge is 2.63. The summed E-state index contributed by atoms with van der Waals surface area (Å²) in [6.45, 7) is 9.19. The van der Waals surface area contributed by atoms with Crippen LogP contribution in [0.2, 0.25) is 0 Å². The number of carbonyl (C=O) groups excluding carboxylic acids is 2. The Hall–Kier alpha value is -1.45. The number of unbranched alkanes of at least 4 members (excludes halogenated alkanes) is 12. The average molecular weight is 778 g/mol. The molecule has 0 heterocycles. The number of allylic oxidation sites excluding steroid dienone is 2. The molecule has 54 heavy (non-hydrogen) atoms. The van der Waals surface area contributed by atoms with Crippen LogP contribution in [0.3, 0.4) is 0 Å². The van der Waals surface area contributed by atoms with E-state index in [0.29, 0.717) is 48.9 Å². The Morgan fingerprint density at radius 3 is 2.15 bits per heavy atom. The highest BCUT2D eigenvalue weighted by atomic mass is 32.2. The van der Waals surface area contributed by atoms with Crippen molar-refractivity contribution in [3.05, 3.63) is 12.2 Å². The van der Waals surface area contributed by atoms with Crippen LogP contribution in [0.1, 0.15) is 188 Å². The summed E-state index contributed by atoms with van der Waals surface area (Å²) in [6.07, 6.45) is 32.0. The van der Waals surface area contributed by atoms with E-state index < -0.39 is 15.9 Å². The Balaban J connectivity index is 1.12. The number of esters is 1. The molecule has 9 heteroatoms. The van der Waals surface area contributed by atoms with Crippen LogP contribution in [-0.2, 0) is 24.4 Å². The number of aliphatic hydroxyl groups excluding tert-OH is 1. The zero-order valence-corrected chi connectivity index (χ0v) is 35.5. The van der Waals surface area contributed by atoms with Crippen LogP contribution in [-0.4, -0.2) is 54.5 Å². The van der Waals surface area contributed by atoms with Gasteiger partial charge in [-0.3, -0.25) is 14.1 Å². The molecule has 0 aromatic rings. The van der Waals surface area contributed by atoms with E-state index >= 15 is 0 Å². The lowest BCUT2D eigenvalue weighted by molar-refractivity contribution is -0.181. The van der Waals surface area contributed by atoms with Crippen molar-refractivity contribution in [1.29, 1.82) is 0 Å². The summed E-state index contributed by atoms with van der Waals surface area (Å²) in [5.74, 6) is 2.03. The summed E-state index contributed by atoms with van der Waals surface area (Å²) < 4.78 is 37.0. The number of hydrogen-bond donors (Lipinski definition) is 3. The van der Waals surface area contributed by atoms with Crippen molar-refractivity contribution in [2.45, 2.75) is 200 Å². The molecular weight excluding hydrogens is 699 g/mol. The van der Waals surface area contributed by atoms with E-state index in [1.165, 1.54) is 89.9 Å². The van der Waals surface area contributed by atoms with Crippen LogP contribution in [0.15, 0.2) is 12.2 Å². The van der Waals surface area contributed by atoms with E-state index in [1.807, 2.05) is 0 Å². The Morgan fingerprint density at radius 1 is 0.833 bits per heavy atom. The van der Waals surface area contributed by atoms with E-state index in [-0.39, 0.29) is 47.4 Å². The number of amides is 1. The van der Waals surface area contributed by atoms with E-state index in [0.717, 1.165) is 51.4 Å². The van der Waals surface area contributed by atoms with Gasteiger partial charge < -0.3 is 15.2 Å². The van der Waals surface area contributed by atoms with E-state index in [4.69, 9.17) is 9.29 Å². The maximum absolute atomic E-state index is 12.9. The van der Waals surface area contributed by atoms with E-state index in [9.17, 15) is 23.1 Å². The maximum Gasteiger partial charge on any atom is 0.306 e. The van der Waals surface area contributed by atoms with Gasteiger partial charge in [0.1, 0.15) is 6.10 Å². The minimum absolute atomic E-state index is 0.0175. The molecule has 4 fully saturated rings. The van der Waals surface area contributed by atoms with Crippen LogP contribution >= 0.6 is 0 Å². The van der Waals surface area contributed by atoms with Gasteiger partial charge in [-0.05, 0) is 136 Å². The van der Waals surface area contributed by atoms with Gasteiger partial charge in [0.05, 0.1) is 11.9 Å². The predicted octanol–water partition coefficient (Wildman–Crippen LogP) is 10.4. The second kappa shape index (κ2) is 21.9. The van der Waals surface area contributed by atoms with Crippen LogP contribution in [0.4, 0.5) is 0 Å². The smallest absolute Gasteiger partial charge is 0.306 e. The number of rotatable bonds is 24. The molecule has 3 N–H and O–H groups in total. The van der Waals surface area contributed by atoms with Crippen molar-refractivity contribution in [2.75, 3.05) is 12.3 Å². The third kappa shape index (κ3) is 12.8. The van der Waals surface area contributed by atoms with E-state index in [1.54, 1.807) is 0 Å². The molecule has 0 saturated heterocycles. The van der Waals surface area contributed by atoms with Gasteiger partial charge >= 0.3 is 5.97 Å². The minimum Gasteiger partial charge on any atom is -0.462 e. The SMILES string of the molecule is CCCCCCCCC/C=C\CCCCCCCC(=O)OC1CCC2(C)C(CCC3C2CC(O)C2(C)C(C(C)CCC(=O)NCCS(=O)(=O)O)CCC32)C1. The molecule has 0 bridgehead atoms. The Labute approximate surface area is 329 Å². The molecule has 4 aliphatic rings. The van der Waals surface area contributed by atoms with Crippen molar-refractivity contribution in [2.24, 2.45) is 46.3 Å². The number of fused-ring (bicyclic) bond motifs is 5. The third-order valence-corrected chi connectivity index (χ3v) is 15.9. The lowest BCUT2D eigenvalue weighted by atomic mass is 9.43. The molecule has 0 radical (unpaired) electrons. The highest BCUT2D eigenvalue weighted by molar-refractivity contribution is 7.85. The van der Waals surface area contributed by atoms with Crippen LogP contribution < -0.4 is 5.32 Å². The van der Waals surface area contributed by atoms with Gasteiger partial charge in [-0.15, -0.1) is 0 Å². The van der Waals surface area contributed by atoms with Crippen molar-refractivity contribution >= 4 is 22.0 Å². The average Bonchev–Trinajstić information content (AvgIpc) is 3.49. The van der Waals surface area contributed by atoms with Crippen LogP contribution in [0.25, 0.3) is 0 Å². The third-order valence-electron chi connectivity index (χ3n) is 15.2. The molecule has 1 amide bonds. The van der Waals surface area contributed by atoms with E-state index in [2.05, 4.69) is 45.2 Å². The summed E-state index contributed by atoms with van der Waals surface area (Å²) in [5.41, 5.74) is 0.00271. The van der Waals surface area contributed by atoms with Gasteiger partial charge in [-0.25, -0.2) is 0 Å². The van der Waals surface area contributed by atoms with Crippen molar-refractivity contribution < 1.29 is 32.4 Å². The summed E-state index contributed by atoms with van der Waals surface area (Å²) >= 11 is 0. The Kier molecular flexibility index (Phi) is 18.4. The summed E-state index contributed by atoms with van der Waals surface area (Å²) in [4.78, 5) is 25.3. The first-order valence-electron chi connectivity index (χ1n) is 22.5. The number of nitrogens with one attached hydrogen (secondary N) is 1. The van der Waals surface area contributed by atoms with Gasteiger partial charge in [0, 0.05) is 19.4 Å². The Bertz CT molecular complexity index is 1290. The van der Waals surface area contributed by atoms with Gasteiger partial charge in [0.25, 0.3) is 10.1 Å². The van der Waals surface area contributed by atoms with Crippen LogP contribution in [0.5, 0.6) is 0 Å². The fourth-order valence-corrected chi connectivity index (χ4v) is 12.3. The predicted molar refractivity (Wildman–Crippen MR) is 218 cm³/mol. The van der Waals surface area contributed by atoms with Crippen LogP contribution in [0, 0.1) is 46.3 Å². The topological polar surface area (TPSA) is 130 Å². The molecule has 0 aliphatic heterocycles. The molecule has 4 aliphatic carbocycles. The van der Waals surface area contributed by atoms with Gasteiger partial charge in [0.15, 0.2) is 0 Å². The fourth-order valence-electron chi connectivity index (χ4n) is 12.0. The van der Waals surface area contributed by atoms with Gasteiger partial charge in [-0.2, -0.15) is 8.42 Å². The monoisotopic (exact) mass is 778 g/mol. The molecule has 10 atom stereocenters. The molecule has 8 nitrogen and oxygen atoms in total. The molecule has 10 unspecified atom stereocenters. The normalized spacial score (nSPS) is 32.8. The quantitative estimate of drug-likeness (QED) is 0.0385. The summed E-state index contributed by atoms with van der Waals surface area (Å²) in [7, 11) is -4.10. The molecule has 4 rings (SSSR count). The standard InChI is InChI=1S/C45H79NO7S/c1-5-6-7-8-9-10-11-12-13-14-15-16-17-18-19-20-21-43(49)53-36-28-29-44(3)35(32-36)23-24-37-39-26-25-38(45(39,4)41(47)33-40(37)44)34(2)22-27-42(48)46-30-31-54(50,51)52/h13-14,34-41,47H,5-12,15-33H2,1-4H3,(H,46,48)(H,50,51,52)/b14-13-. The molecule has 0 aromatic carbocycles. The van der Waals surface area contributed by atoms with Crippen molar-refractivity contribution in [3.63, 3.8) is 0 Å². The molecule has 4 saturated carbocycles. The lowest BCUT2D eigenvalue weighted by Gasteiger charge is -2.62. The van der Waals surface area contributed by atoms with Crippen molar-refractivity contribution in [1.82, 2.24) is 5.32 Å². The molecule has 0 aromatic heterocycles. The Morgan fingerprint density at radius 2 is 1.48 bits per heavy atom. The second-order valence-electron chi connectivity index (χ2n) is 18.7. The first-order chi connectivity index (χ1) is 25.8. The number of aliphatic hydroxyl groups is 1. The molecule has 312 valence electrons. The van der Waals surface area contributed by atoms with Crippen molar-refractivity contribution in [3.8, 4) is 0 Å². The lowest BCUT2D eigenvalue weighted by Crippen LogP contribution is -2.59. The first-order valence-corrected chi connectivity index (χ1v) is 24.1. The molecule has 0 spiro atoms. The zero-order valence-electron chi connectivity index (χ0n) is 34.7. The number of ether oxygens (including phenoxy) is 1. The molecular formula is C45H79NO7S. The first kappa shape index (κ1) is 45.3. The highest BCUT2D eigenvalue weighted by Crippen LogP contribution is 2.68. The summed E-state index contributed by atoms with van der Waals surface area (Å²) in [5, 5.41) is 14.6. The minimum atomic E-state index is -4.10. The van der Waals surface area contributed by atoms with Gasteiger partial charge in [-0.1, -0.05) is 97.6 Å². The maximum atomic E-state index is 12.9. The zero-order chi connectivity index (χ0) is 39.2. The summed E-state index contributed by atoms with van der Waals surface area (Å²) in [6, 6.07) is 0. The fraction of sp³-hybridized carbons (Fsp3) is 0.911. The second-order valence-corrected chi connectivity index (χ2v) is 20.3. The number of hydrogen-bond acceptors (Lipinski definition) is 6. The largest absolute Gasteiger partial charge is 0.462 e.